The second kappa shape index (κ2) is 8.03. The molecule has 31 heavy (non-hydrogen) atoms. The maximum absolute atomic E-state index is 13.4. The zero-order valence-corrected chi connectivity index (χ0v) is 18.8. The highest BCUT2D eigenvalue weighted by atomic mass is 16.6. The molecule has 0 spiro atoms. The van der Waals surface area contributed by atoms with Crippen LogP contribution in [-0.4, -0.2) is 22.8 Å². The number of hydrogen-bond acceptors (Lipinski definition) is 5. The molecular weight excluding hydrogens is 394 g/mol. The minimum Gasteiger partial charge on any atom is -0.462 e. The van der Waals surface area contributed by atoms with E-state index in [1.54, 1.807) is 12.1 Å². The molecule has 3 fully saturated rings. The molecule has 168 valence electrons. The molecule has 0 heterocycles. The molecule has 3 aliphatic rings. The largest absolute Gasteiger partial charge is 0.462 e. The van der Waals surface area contributed by atoms with E-state index in [0.717, 1.165) is 50.5 Å². The van der Waals surface area contributed by atoms with Crippen LogP contribution >= 0.6 is 0 Å². The van der Waals surface area contributed by atoms with Gasteiger partial charge in [-0.05, 0) is 55.4 Å². The Kier molecular flexibility index (Phi) is 5.69. The lowest BCUT2D eigenvalue weighted by Crippen LogP contribution is -2.55. The van der Waals surface area contributed by atoms with E-state index >= 15 is 0 Å². The fourth-order valence-corrected chi connectivity index (χ4v) is 6.27. The number of carbonyl (C=O) groups is 2. The van der Waals surface area contributed by atoms with E-state index in [4.69, 9.17) is 4.74 Å². The summed E-state index contributed by atoms with van der Waals surface area (Å²) in [5, 5.41) is 11.0. The molecule has 0 radical (unpaired) electrons. The summed E-state index contributed by atoms with van der Waals surface area (Å²) in [5.41, 5.74) is 0.222. The minimum atomic E-state index is -0.585. The third kappa shape index (κ3) is 3.79. The van der Waals surface area contributed by atoms with Crippen LogP contribution in [0.15, 0.2) is 24.3 Å². The predicted molar refractivity (Wildman–Crippen MR) is 117 cm³/mol. The number of nitro groups is 1. The van der Waals surface area contributed by atoms with Crippen molar-refractivity contribution in [2.24, 2.45) is 23.2 Å². The van der Waals surface area contributed by atoms with Gasteiger partial charge in [-0.3, -0.25) is 19.7 Å². The molecule has 0 bridgehead atoms. The molecule has 1 unspecified atom stereocenters. The van der Waals surface area contributed by atoms with Crippen LogP contribution < -0.4 is 0 Å². The molecule has 0 saturated heterocycles. The molecule has 3 saturated carbocycles. The molecular formula is C25H33NO5. The van der Waals surface area contributed by atoms with Gasteiger partial charge in [0, 0.05) is 30.4 Å². The molecule has 4 rings (SSSR count). The zero-order chi connectivity index (χ0) is 22.4. The Morgan fingerprint density at radius 1 is 1.16 bits per heavy atom. The van der Waals surface area contributed by atoms with Gasteiger partial charge in [-0.15, -0.1) is 0 Å². The number of fused-ring (bicyclic) bond motifs is 1. The summed E-state index contributed by atoms with van der Waals surface area (Å²) in [7, 11) is 0. The summed E-state index contributed by atoms with van der Waals surface area (Å²) in [5.74, 6) is 0.526. The number of ether oxygens (including phenoxy) is 1. The van der Waals surface area contributed by atoms with Crippen molar-refractivity contribution in [3.8, 4) is 0 Å². The highest BCUT2D eigenvalue weighted by Gasteiger charge is 2.58. The number of non-ortho nitro benzene ring substituents is 1. The summed E-state index contributed by atoms with van der Waals surface area (Å²) < 4.78 is 6.26. The van der Waals surface area contributed by atoms with Gasteiger partial charge in [0.1, 0.15) is 11.9 Å². The Hall–Kier alpha value is -2.24. The zero-order valence-electron chi connectivity index (χ0n) is 18.8. The van der Waals surface area contributed by atoms with Crippen LogP contribution in [0.4, 0.5) is 5.69 Å². The highest BCUT2D eigenvalue weighted by Crippen LogP contribution is 2.55. The van der Waals surface area contributed by atoms with E-state index in [9.17, 15) is 19.7 Å². The summed E-state index contributed by atoms with van der Waals surface area (Å²) in [6.45, 7) is 6.49. The van der Waals surface area contributed by atoms with Gasteiger partial charge in [0.25, 0.3) is 5.69 Å². The summed E-state index contributed by atoms with van der Waals surface area (Å²) in [6, 6.07) is 6.76. The number of esters is 1. The van der Waals surface area contributed by atoms with E-state index in [-0.39, 0.29) is 45.7 Å². The lowest BCUT2D eigenvalue weighted by Gasteiger charge is -2.51. The average Bonchev–Trinajstić information content (AvgIpc) is 2.69. The molecule has 5 atom stereocenters. The molecule has 6 heteroatoms. The number of rotatable bonds is 5. The maximum Gasteiger partial charge on any atom is 0.313 e. The number of nitrogens with zero attached hydrogens (tertiary/aromatic N) is 1. The van der Waals surface area contributed by atoms with Crippen LogP contribution in [0.5, 0.6) is 0 Å². The first kappa shape index (κ1) is 22.0. The van der Waals surface area contributed by atoms with Crippen LogP contribution in [0.25, 0.3) is 0 Å². The van der Waals surface area contributed by atoms with Crippen LogP contribution in [0.3, 0.4) is 0 Å². The van der Waals surface area contributed by atoms with E-state index in [1.807, 2.05) is 12.1 Å². The Morgan fingerprint density at radius 2 is 1.87 bits per heavy atom. The van der Waals surface area contributed by atoms with Gasteiger partial charge in [-0.1, -0.05) is 39.3 Å². The van der Waals surface area contributed by atoms with Gasteiger partial charge in [0.05, 0.1) is 10.3 Å². The quantitative estimate of drug-likeness (QED) is 0.358. The van der Waals surface area contributed by atoms with E-state index in [2.05, 4.69) is 20.8 Å². The van der Waals surface area contributed by atoms with Crippen molar-refractivity contribution in [1.29, 1.82) is 0 Å². The van der Waals surface area contributed by atoms with Crippen LogP contribution in [0.1, 0.15) is 77.7 Å². The third-order valence-corrected chi connectivity index (χ3v) is 8.45. The molecule has 0 aliphatic heterocycles. The molecule has 0 aromatic heterocycles. The van der Waals surface area contributed by atoms with Crippen molar-refractivity contribution in [3.05, 3.63) is 39.9 Å². The van der Waals surface area contributed by atoms with E-state index in [1.165, 1.54) is 0 Å². The number of nitro benzene ring substituents is 1. The Balaban J connectivity index is 1.56. The van der Waals surface area contributed by atoms with Gasteiger partial charge < -0.3 is 4.74 Å². The molecule has 1 aromatic carbocycles. The lowest BCUT2D eigenvalue weighted by molar-refractivity contribution is -0.384. The Labute approximate surface area is 183 Å². The van der Waals surface area contributed by atoms with Crippen LogP contribution in [0, 0.1) is 33.3 Å². The topological polar surface area (TPSA) is 86.5 Å². The summed E-state index contributed by atoms with van der Waals surface area (Å²) >= 11 is 0. The van der Waals surface area contributed by atoms with Crippen LogP contribution in [0.2, 0.25) is 0 Å². The number of ketones is 1. The van der Waals surface area contributed by atoms with Gasteiger partial charge in [-0.25, -0.2) is 0 Å². The predicted octanol–water partition coefficient (Wildman–Crippen LogP) is 5.37. The summed E-state index contributed by atoms with van der Waals surface area (Å²) in [4.78, 5) is 36.4. The first-order valence-corrected chi connectivity index (χ1v) is 11.6. The smallest absolute Gasteiger partial charge is 0.313 e. The third-order valence-electron chi connectivity index (χ3n) is 8.45. The molecule has 0 amide bonds. The Morgan fingerprint density at radius 3 is 2.48 bits per heavy atom. The molecule has 1 aromatic rings. The number of Topliss-reactive ketones (excluding diaryl/α,β-unsaturated/α-hetero) is 1. The van der Waals surface area contributed by atoms with Gasteiger partial charge in [-0.2, -0.15) is 0 Å². The SMILES string of the molecule is C[C@@H]1CC[C@@H](C(C)(C)c2ccc([N+](=O)[O-])cc2)C(OC(=O)[C@]23CCCC(=O)[C@H]2CC3)C1. The fourth-order valence-electron chi connectivity index (χ4n) is 6.27. The highest BCUT2D eigenvalue weighted by molar-refractivity contribution is 5.92. The molecule has 6 nitrogen and oxygen atoms in total. The normalized spacial score (nSPS) is 33.2. The minimum absolute atomic E-state index is 0.0804. The van der Waals surface area contributed by atoms with E-state index in [0.29, 0.717) is 12.3 Å². The van der Waals surface area contributed by atoms with Crippen LogP contribution in [-0.2, 0) is 19.7 Å². The van der Waals surface area contributed by atoms with Gasteiger partial charge in [0.15, 0.2) is 0 Å². The number of hydrogen-bond donors (Lipinski definition) is 0. The second-order valence-corrected chi connectivity index (χ2v) is 10.6. The standard InChI is InChI=1S/C25H33NO5/c1-16-6-11-20(24(2,3)17-7-9-18(10-8-17)26(29)30)22(15-16)31-23(28)25-13-4-5-21(27)19(25)12-14-25/h7-10,16,19-20,22H,4-6,11-15H2,1-3H3/t16-,19-,20-,22?,25+/m1/s1. The number of benzene rings is 1. The maximum atomic E-state index is 13.4. The van der Waals surface area contributed by atoms with Crippen molar-refractivity contribution in [2.75, 3.05) is 0 Å². The fraction of sp³-hybridized carbons (Fsp3) is 0.680. The van der Waals surface area contributed by atoms with Gasteiger partial charge in [0.2, 0.25) is 0 Å². The monoisotopic (exact) mass is 427 g/mol. The first-order valence-electron chi connectivity index (χ1n) is 11.6. The van der Waals surface area contributed by atoms with Crippen molar-refractivity contribution in [2.45, 2.75) is 83.7 Å². The molecule has 3 aliphatic carbocycles. The van der Waals surface area contributed by atoms with E-state index < -0.39 is 5.41 Å². The van der Waals surface area contributed by atoms with Crippen molar-refractivity contribution in [1.82, 2.24) is 0 Å². The Bertz CT molecular complexity index is 876. The van der Waals surface area contributed by atoms with Crippen molar-refractivity contribution >= 4 is 17.4 Å². The average molecular weight is 428 g/mol. The van der Waals surface area contributed by atoms with Crippen molar-refractivity contribution in [3.63, 3.8) is 0 Å². The summed E-state index contributed by atoms with van der Waals surface area (Å²) in [6.07, 6.45) is 6.35. The number of carbonyl (C=O) groups excluding carboxylic acids is 2. The first-order chi connectivity index (χ1) is 14.6. The lowest BCUT2D eigenvalue weighted by atomic mass is 9.53. The molecule has 0 N–H and O–H groups in total. The van der Waals surface area contributed by atoms with Gasteiger partial charge >= 0.3 is 5.97 Å². The second-order valence-electron chi connectivity index (χ2n) is 10.6. The van der Waals surface area contributed by atoms with Crippen molar-refractivity contribution < 1.29 is 19.2 Å².